The minimum Gasteiger partial charge on any atom is -0.479 e. The molecule has 0 spiro atoms. The van der Waals surface area contributed by atoms with Crippen LogP contribution in [0, 0.1) is 23.7 Å². The Morgan fingerprint density at radius 2 is 1.62 bits per heavy atom. The van der Waals surface area contributed by atoms with Crippen molar-refractivity contribution in [2.24, 2.45) is 16.7 Å². The van der Waals surface area contributed by atoms with Crippen molar-refractivity contribution < 1.29 is 97.2 Å². The van der Waals surface area contributed by atoms with Gasteiger partial charge in [0.1, 0.15) is 36.5 Å². The molecule has 34 heteroatoms. The number of likely N-dealkylation sites (tertiary alicyclic amines) is 1. The fourth-order valence-corrected chi connectivity index (χ4v) is 18.7. The van der Waals surface area contributed by atoms with Gasteiger partial charge < -0.3 is 74.7 Å². The summed E-state index contributed by atoms with van der Waals surface area (Å²) < 4.78 is 39.1. The van der Waals surface area contributed by atoms with Crippen LogP contribution in [0.2, 0.25) is 0 Å². The third-order valence-corrected chi connectivity index (χ3v) is 23.7. The molecule has 2 saturated heterocycles. The maximum Gasteiger partial charge on any atom is 0.410 e. The van der Waals surface area contributed by atoms with E-state index in [9.17, 15) is 78.2 Å². The molecule has 12 rings (SSSR count). The van der Waals surface area contributed by atoms with Gasteiger partial charge in [-0.1, -0.05) is 62.8 Å². The van der Waals surface area contributed by atoms with Gasteiger partial charge in [-0.25, -0.2) is 24.4 Å². The molecule has 10 N–H and O–H groups in total. The van der Waals surface area contributed by atoms with E-state index in [-0.39, 0.29) is 103 Å². The number of hydrogen-bond acceptors (Lipinski definition) is 23. The second-order valence-corrected chi connectivity index (χ2v) is 33.8. The lowest BCUT2D eigenvalue weighted by molar-refractivity contribution is -0.271. The molecule has 6 amide bonds. The van der Waals surface area contributed by atoms with Gasteiger partial charge in [-0.2, -0.15) is 10.1 Å². The number of imide groups is 1. The normalized spacial score (nSPS) is 24.0. The Hall–Kier alpha value is -9.41. The molecule has 4 unspecified atom stereocenters. The molecule has 2 saturated carbocycles. The number of benzene rings is 2. The summed E-state index contributed by atoms with van der Waals surface area (Å²) in [5.41, 5.74) is 4.22. The molecule has 112 heavy (non-hydrogen) atoms. The van der Waals surface area contributed by atoms with Crippen molar-refractivity contribution in [2.45, 2.75) is 173 Å². The number of aliphatic carboxylic acids is 1. The molecule has 4 aliphatic heterocycles. The predicted octanol–water partition coefficient (Wildman–Crippen LogP) is 7.54. The van der Waals surface area contributed by atoms with E-state index >= 15 is 0 Å². The van der Waals surface area contributed by atoms with Crippen molar-refractivity contribution >= 4 is 99.6 Å². The second-order valence-electron chi connectivity index (χ2n) is 31.0. The largest absolute Gasteiger partial charge is 0.479 e. The first kappa shape index (κ1) is 82.1. The number of carbonyl (C=O) groups excluding carboxylic acids is 6. The number of aromatic carboxylic acids is 1. The highest BCUT2D eigenvalue weighted by Gasteiger charge is 2.56. The Bertz CT molecular complexity index is 4570. The number of thiazole rings is 1. The number of pyridine rings is 2. The monoisotopic (exact) mass is 1580 g/mol. The van der Waals surface area contributed by atoms with Gasteiger partial charge in [-0.15, -0.1) is 0 Å². The Morgan fingerprint density at radius 3 is 2.38 bits per heavy atom. The van der Waals surface area contributed by atoms with Crippen molar-refractivity contribution in [1.82, 2.24) is 44.7 Å². The quantitative estimate of drug-likeness (QED) is 0.0111. The number of aliphatic hydroxyl groups excluding tert-OH is 3. The van der Waals surface area contributed by atoms with Crippen LogP contribution >= 0.6 is 18.9 Å². The third-order valence-electron chi connectivity index (χ3n) is 21.9. The van der Waals surface area contributed by atoms with Crippen LogP contribution in [0.3, 0.4) is 0 Å². The van der Waals surface area contributed by atoms with Crippen molar-refractivity contribution in [3.63, 3.8) is 0 Å². The minimum atomic E-state index is -4.32. The third kappa shape index (κ3) is 20.1. The van der Waals surface area contributed by atoms with E-state index in [1.54, 1.807) is 47.6 Å². The van der Waals surface area contributed by atoms with Gasteiger partial charge in [0.25, 0.3) is 17.7 Å². The van der Waals surface area contributed by atoms with E-state index in [0.717, 1.165) is 58.5 Å². The van der Waals surface area contributed by atoms with Crippen LogP contribution in [-0.2, 0) is 62.3 Å². The number of ether oxygens (including phenoxy) is 4. The number of nitrogens with zero attached hydrogens (tertiary/aromatic N) is 9. The van der Waals surface area contributed by atoms with E-state index in [1.807, 2.05) is 46.8 Å². The number of carbonyl (C=O) groups is 8. The molecule has 9 atom stereocenters. The number of amides is 6. The highest BCUT2D eigenvalue weighted by atomic mass is 32.1. The molecule has 2 aromatic carbocycles. The van der Waals surface area contributed by atoms with Crippen LogP contribution < -0.4 is 25.6 Å². The van der Waals surface area contributed by atoms with Gasteiger partial charge in [0, 0.05) is 112 Å². The average Bonchev–Trinajstić information content (AvgIpc) is 0.975. The van der Waals surface area contributed by atoms with Crippen LogP contribution in [-0.4, -0.2) is 230 Å². The molecule has 600 valence electrons. The van der Waals surface area contributed by atoms with E-state index < -0.39 is 67.8 Å². The Labute approximate surface area is 650 Å². The summed E-state index contributed by atoms with van der Waals surface area (Å²) in [4.78, 5) is 142. The van der Waals surface area contributed by atoms with Gasteiger partial charge in [0.2, 0.25) is 18.1 Å². The Kier molecular flexibility index (Phi) is 25.9. The summed E-state index contributed by atoms with van der Waals surface area (Å²) in [5, 5.41) is 65.6. The van der Waals surface area contributed by atoms with E-state index in [2.05, 4.69) is 51.6 Å². The van der Waals surface area contributed by atoms with Crippen molar-refractivity contribution in [3.8, 4) is 16.9 Å². The number of aromatic nitrogens is 5. The van der Waals surface area contributed by atoms with Crippen molar-refractivity contribution in [3.05, 3.63) is 125 Å². The number of carboxylic acid groups (broad SMARTS) is 2. The van der Waals surface area contributed by atoms with Crippen molar-refractivity contribution in [2.75, 3.05) is 80.7 Å². The van der Waals surface area contributed by atoms with Crippen LogP contribution in [0.25, 0.3) is 27.6 Å². The maximum atomic E-state index is 13.8. The standard InChI is InChI=1S/C78H97N12O20PS/c1-47-39-76(3)43-77(4,46-90-48(2)54(41-81-90)52-18-20-59(83-64(52)71(99)100)88-31-24-50-13-8-14-53(55(50)42-88)70(98)85-74-84-69-58(112-74)15-9-27-80-69)45-78(40-47,44-76)108-36-34-86(29-11-37-111(104,105)106)51-25-32-87(33-26-51)75(103)107-35-10-12-49-17-19-57(109-73-67(97)65(95)66(96)68(110-73)72(101)102)56(38-49)82-61(92)23-28-79-60(91)16-6-5-7-30-89-62(93)21-22-63(89)94/h8-10,12-15,17-22,27,38,41,47,51,65-68,73,95-97H,5-7,11,16,23-26,28-37,39-40,42-46H2,1-4H3,(H,79,91)(H,82,92)(H,99,100)(H,101,102)(H2,104,105,106)(H,80,84,85,98)/b12-10+/t47?,65-,66-,67+,68-,73+,76?,77?,78?/m0/s1. The van der Waals surface area contributed by atoms with Crippen molar-refractivity contribution in [1.29, 1.82) is 0 Å². The second kappa shape index (κ2) is 35.3. The van der Waals surface area contributed by atoms with Gasteiger partial charge in [0.05, 0.1) is 35.0 Å². The topological polar surface area (TPSA) is 438 Å². The van der Waals surface area contributed by atoms with E-state index in [0.29, 0.717) is 136 Å². The summed E-state index contributed by atoms with van der Waals surface area (Å²) in [6.45, 7) is 12.1. The molecule has 0 radical (unpaired) electrons. The lowest BCUT2D eigenvalue weighted by Crippen LogP contribution is -2.61. The zero-order chi connectivity index (χ0) is 79.8. The zero-order valence-corrected chi connectivity index (χ0v) is 64.7. The number of nitrogens with one attached hydrogen (secondary N) is 3. The highest BCUT2D eigenvalue weighted by Crippen LogP contribution is 2.60. The van der Waals surface area contributed by atoms with Crippen LogP contribution in [0.1, 0.15) is 147 Å². The summed E-state index contributed by atoms with van der Waals surface area (Å²) in [6, 6.07) is 17.3. The molecule has 2 bridgehead atoms. The number of hydrogen-bond donors (Lipinski definition) is 10. The van der Waals surface area contributed by atoms with Gasteiger partial charge in [-0.05, 0) is 166 Å². The number of piperidine rings is 1. The lowest BCUT2D eigenvalue weighted by Gasteiger charge is -2.59. The van der Waals surface area contributed by atoms with E-state index in [4.69, 9.17) is 29.0 Å². The first-order valence-electron chi connectivity index (χ1n) is 37.9. The number of unbranched alkanes of at least 4 members (excludes halogenated alkanes) is 2. The first-order valence-corrected chi connectivity index (χ1v) is 40.5. The number of aliphatic hydroxyl groups is 3. The van der Waals surface area contributed by atoms with Gasteiger partial charge >= 0.3 is 25.6 Å². The molecule has 8 heterocycles. The van der Waals surface area contributed by atoms with Gasteiger partial charge in [0.15, 0.2) is 22.6 Å². The SMILES string of the molecule is Cc1c(-c2ccc(N3CCc4cccc(C(=O)Nc5nc6ncccc6s5)c4C3)nc2C(=O)O)cnn1CC1(C)CC2(C)CC(C)CC(OCCN(CCCP(=O)(O)O)C3CCN(C(=O)OC/C=C/c4ccc(O[C@@H]5O[C@H](C(=O)O)[C@@H](O)[C@H](O)[C@H]5O)c(NC(=O)CCNC(=O)CCCCCN5C(=O)C=CC5=O)c4)CC3)(C2)C1. The smallest absolute Gasteiger partial charge is 0.410 e. The van der Waals surface area contributed by atoms with Crippen LogP contribution in [0.15, 0.2) is 91.3 Å². The Morgan fingerprint density at radius 1 is 0.839 bits per heavy atom. The van der Waals surface area contributed by atoms with Crippen LogP contribution in [0.4, 0.5) is 21.4 Å². The summed E-state index contributed by atoms with van der Waals surface area (Å²) in [7, 11) is -4.32. The Balaban J connectivity index is 0.646. The number of rotatable bonds is 32. The zero-order valence-electron chi connectivity index (χ0n) is 63.0. The molecule has 32 nitrogen and oxygen atoms in total. The highest BCUT2D eigenvalue weighted by molar-refractivity contribution is 7.51. The maximum absolute atomic E-state index is 13.8. The number of anilines is 3. The molecule has 2 aliphatic carbocycles. The molecule has 6 aromatic rings. The average molecular weight is 1590 g/mol. The van der Waals surface area contributed by atoms with Gasteiger partial charge in [-0.3, -0.25) is 48.3 Å². The fourth-order valence-electron chi connectivity index (χ4n) is 17.4. The number of carboxylic acids is 2. The molecule has 4 aromatic heterocycles. The van der Waals surface area contributed by atoms with Crippen LogP contribution in [0.5, 0.6) is 5.75 Å². The fraction of sp³-hybridized carbons (Fsp3) is 0.513. The number of fused-ring (bicyclic) bond motifs is 4. The molecule has 6 aliphatic rings. The summed E-state index contributed by atoms with van der Waals surface area (Å²) in [5.74, 6) is -4.09. The first-order chi connectivity index (χ1) is 53.4. The molecular formula is C78H97N12O20PS. The predicted molar refractivity (Wildman–Crippen MR) is 411 cm³/mol. The molecular weight excluding hydrogens is 1490 g/mol. The van der Waals surface area contributed by atoms with E-state index in [1.165, 1.54) is 35.6 Å². The summed E-state index contributed by atoms with van der Waals surface area (Å²) >= 11 is 1.34. The minimum absolute atomic E-state index is 0.00634. The molecule has 4 fully saturated rings. The summed E-state index contributed by atoms with van der Waals surface area (Å²) in [6.07, 6.45) is 6.11. The lowest BCUT2D eigenvalue weighted by atomic mass is 9.51.